The summed E-state index contributed by atoms with van der Waals surface area (Å²) in [5.74, 6) is -0.288. The van der Waals surface area contributed by atoms with Gasteiger partial charge in [0.1, 0.15) is 6.04 Å². The van der Waals surface area contributed by atoms with Gasteiger partial charge >= 0.3 is 0 Å². The van der Waals surface area contributed by atoms with Gasteiger partial charge in [-0.3, -0.25) is 9.59 Å². The fourth-order valence-corrected chi connectivity index (χ4v) is 4.87. The Bertz CT molecular complexity index is 981. The highest BCUT2D eigenvalue weighted by atomic mass is 35.5. The summed E-state index contributed by atoms with van der Waals surface area (Å²) in [7, 11) is 0. The fraction of sp³-hybridized carbons (Fsp3) is 0.333. The predicted molar refractivity (Wildman–Crippen MR) is 122 cm³/mol. The molecule has 1 aliphatic carbocycles. The molecular weight excluding hydrogens is 432 g/mol. The van der Waals surface area contributed by atoms with Crippen LogP contribution in [0.1, 0.15) is 59.1 Å². The van der Waals surface area contributed by atoms with Crippen LogP contribution in [0.4, 0.5) is 0 Å². The number of hydrogen-bond acceptors (Lipinski definition) is 4. The molecule has 3 aromatic rings. The highest BCUT2D eigenvalue weighted by molar-refractivity contribution is 7.09. The minimum absolute atomic E-state index is 0.137. The van der Waals surface area contributed by atoms with Crippen molar-refractivity contribution in [3.05, 3.63) is 81.4 Å². The number of carbonyl (C=O) groups is 2. The second kappa shape index (κ2) is 10.2. The van der Waals surface area contributed by atoms with Crippen molar-refractivity contribution < 1.29 is 14.0 Å². The lowest BCUT2D eigenvalue weighted by Gasteiger charge is -2.32. The summed E-state index contributed by atoms with van der Waals surface area (Å²) in [4.78, 5) is 29.6. The van der Waals surface area contributed by atoms with Crippen LogP contribution >= 0.6 is 22.9 Å². The van der Waals surface area contributed by atoms with E-state index in [1.54, 1.807) is 40.5 Å². The summed E-state index contributed by atoms with van der Waals surface area (Å²) < 4.78 is 5.39. The van der Waals surface area contributed by atoms with Crippen LogP contribution in [0.5, 0.6) is 0 Å². The van der Waals surface area contributed by atoms with Gasteiger partial charge in [-0.05, 0) is 54.1 Å². The van der Waals surface area contributed by atoms with Gasteiger partial charge in [-0.15, -0.1) is 11.3 Å². The Kier molecular flexibility index (Phi) is 7.10. The standard InChI is InChI=1S/C24H25ClN2O3S/c25-18-12-10-17(11-13-18)22(23(28)26-19-6-2-1-3-7-19)27(16-20-8-5-15-31-20)24(29)21-9-4-14-30-21/h4-5,8-15,19,22H,1-3,6-7,16H2,(H,26,28). The molecule has 7 heteroatoms. The van der Waals surface area contributed by atoms with E-state index < -0.39 is 6.04 Å². The number of benzene rings is 1. The molecule has 1 atom stereocenters. The molecule has 1 fully saturated rings. The Morgan fingerprint density at radius 2 is 1.87 bits per heavy atom. The number of hydrogen-bond donors (Lipinski definition) is 1. The van der Waals surface area contributed by atoms with Crippen molar-refractivity contribution in [2.45, 2.75) is 50.7 Å². The van der Waals surface area contributed by atoms with E-state index in [1.807, 2.05) is 29.6 Å². The van der Waals surface area contributed by atoms with Crippen molar-refractivity contribution in [2.24, 2.45) is 0 Å². The van der Waals surface area contributed by atoms with E-state index in [-0.39, 0.29) is 23.6 Å². The first-order valence-corrected chi connectivity index (χ1v) is 11.8. The molecule has 2 heterocycles. The van der Waals surface area contributed by atoms with Crippen LogP contribution in [0.3, 0.4) is 0 Å². The topological polar surface area (TPSA) is 62.6 Å². The van der Waals surface area contributed by atoms with Crippen LogP contribution in [0.2, 0.25) is 5.02 Å². The summed E-state index contributed by atoms with van der Waals surface area (Å²) in [5, 5.41) is 5.74. The van der Waals surface area contributed by atoms with Crippen LogP contribution in [0.25, 0.3) is 0 Å². The molecule has 0 spiro atoms. The number of furan rings is 1. The lowest BCUT2D eigenvalue weighted by atomic mass is 9.94. The maximum absolute atomic E-state index is 13.6. The third-order valence-corrected chi connectivity index (χ3v) is 6.71. The Labute approximate surface area is 191 Å². The van der Waals surface area contributed by atoms with E-state index in [1.165, 1.54) is 12.7 Å². The third kappa shape index (κ3) is 5.38. The summed E-state index contributed by atoms with van der Waals surface area (Å²) >= 11 is 7.65. The number of nitrogens with one attached hydrogen (secondary N) is 1. The molecule has 0 aliphatic heterocycles. The van der Waals surface area contributed by atoms with Gasteiger partial charge in [-0.2, -0.15) is 0 Å². The van der Waals surface area contributed by atoms with E-state index >= 15 is 0 Å². The maximum Gasteiger partial charge on any atom is 0.290 e. The van der Waals surface area contributed by atoms with Crippen LogP contribution < -0.4 is 5.32 Å². The molecule has 162 valence electrons. The zero-order valence-electron chi connectivity index (χ0n) is 17.1. The number of nitrogens with zero attached hydrogens (tertiary/aromatic N) is 1. The average Bonchev–Trinajstić information content (AvgIpc) is 3.49. The van der Waals surface area contributed by atoms with Gasteiger partial charge in [0.05, 0.1) is 12.8 Å². The van der Waals surface area contributed by atoms with Gasteiger partial charge in [0.2, 0.25) is 5.91 Å². The summed E-state index contributed by atoms with van der Waals surface area (Å²) in [6.07, 6.45) is 6.83. The molecule has 1 N–H and O–H groups in total. The lowest BCUT2D eigenvalue weighted by molar-refractivity contribution is -0.127. The van der Waals surface area contributed by atoms with Gasteiger partial charge < -0.3 is 14.6 Å². The first-order chi connectivity index (χ1) is 15.1. The number of carbonyl (C=O) groups excluding carboxylic acids is 2. The van der Waals surface area contributed by atoms with Crippen molar-refractivity contribution in [3.63, 3.8) is 0 Å². The molecule has 0 bridgehead atoms. The second-order valence-corrected chi connectivity index (χ2v) is 9.26. The zero-order chi connectivity index (χ0) is 21.6. The monoisotopic (exact) mass is 456 g/mol. The van der Waals surface area contributed by atoms with Gasteiger partial charge in [0, 0.05) is 15.9 Å². The highest BCUT2D eigenvalue weighted by Gasteiger charge is 2.34. The minimum atomic E-state index is -0.793. The molecule has 1 unspecified atom stereocenters. The van der Waals surface area contributed by atoms with E-state index in [2.05, 4.69) is 5.32 Å². The Balaban J connectivity index is 1.70. The first kappa shape index (κ1) is 21.7. The van der Waals surface area contributed by atoms with Gasteiger partial charge in [-0.1, -0.05) is 49.1 Å². The van der Waals surface area contributed by atoms with Crippen LogP contribution in [-0.2, 0) is 11.3 Å². The molecular formula is C24H25ClN2O3S. The quantitative estimate of drug-likeness (QED) is 0.486. The Morgan fingerprint density at radius 3 is 2.52 bits per heavy atom. The smallest absolute Gasteiger partial charge is 0.290 e. The van der Waals surface area contributed by atoms with Crippen LogP contribution in [0.15, 0.2) is 64.6 Å². The SMILES string of the molecule is O=C(NC1CCCCC1)C(c1ccc(Cl)cc1)N(Cc1cccs1)C(=O)c1ccco1. The number of halogens is 1. The fourth-order valence-electron chi connectivity index (χ4n) is 4.04. The number of amides is 2. The average molecular weight is 457 g/mol. The van der Waals surface area contributed by atoms with Crippen molar-refractivity contribution in [1.29, 1.82) is 0 Å². The van der Waals surface area contributed by atoms with Crippen molar-refractivity contribution in [1.82, 2.24) is 10.2 Å². The first-order valence-electron chi connectivity index (χ1n) is 10.5. The van der Waals surface area contributed by atoms with Gasteiger partial charge in [-0.25, -0.2) is 0 Å². The Hall–Kier alpha value is -2.57. The van der Waals surface area contributed by atoms with Crippen molar-refractivity contribution >= 4 is 34.8 Å². The molecule has 5 nitrogen and oxygen atoms in total. The van der Waals surface area contributed by atoms with E-state index in [0.717, 1.165) is 30.6 Å². The maximum atomic E-state index is 13.6. The lowest BCUT2D eigenvalue weighted by Crippen LogP contribution is -2.46. The summed E-state index contributed by atoms with van der Waals surface area (Å²) in [6.45, 7) is 0.308. The summed E-state index contributed by atoms with van der Waals surface area (Å²) in [5.41, 5.74) is 0.717. The molecule has 0 radical (unpaired) electrons. The largest absolute Gasteiger partial charge is 0.459 e. The molecule has 4 rings (SSSR count). The van der Waals surface area contributed by atoms with Gasteiger partial charge in [0.15, 0.2) is 5.76 Å². The molecule has 31 heavy (non-hydrogen) atoms. The van der Waals surface area contributed by atoms with Crippen molar-refractivity contribution in [2.75, 3.05) is 0 Å². The molecule has 1 aliphatic rings. The normalized spacial score (nSPS) is 15.4. The third-order valence-electron chi connectivity index (χ3n) is 5.60. The van der Waals surface area contributed by atoms with E-state index in [9.17, 15) is 9.59 Å². The second-order valence-electron chi connectivity index (χ2n) is 7.79. The number of thiophene rings is 1. The van der Waals surface area contributed by atoms with Crippen LogP contribution in [0, 0.1) is 0 Å². The molecule has 1 saturated carbocycles. The molecule has 0 saturated heterocycles. The summed E-state index contributed by atoms with van der Waals surface area (Å²) in [6, 6.07) is 13.7. The molecule has 2 amide bonds. The Morgan fingerprint density at radius 1 is 1.10 bits per heavy atom. The van der Waals surface area contributed by atoms with Gasteiger partial charge in [0.25, 0.3) is 5.91 Å². The highest BCUT2D eigenvalue weighted by Crippen LogP contribution is 2.29. The molecule has 1 aromatic carbocycles. The minimum Gasteiger partial charge on any atom is -0.459 e. The zero-order valence-corrected chi connectivity index (χ0v) is 18.7. The van der Waals surface area contributed by atoms with Crippen molar-refractivity contribution in [3.8, 4) is 0 Å². The van der Waals surface area contributed by atoms with E-state index in [0.29, 0.717) is 17.1 Å². The van der Waals surface area contributed by atoms with E-state index in [4.69, 9.17) is 16.0 Å². The predicted octanol–water partition coefficient (Wildman–Crippen LogP) is 5.83. The number of rotatable bonds is 7. The molecule has 2 aromatic heterocycles. The van der Waals surface area contributed by atoms with Crippen LogP contribution in [-0.4, -0.2) is 22.8 Å².